The maximum Gasteiger partial charge on any atom is 0.254 e. The first-order valence-corrected chi connectivity index (χ1v) is 8.57. The van der Waals surface area contributed by atoms with Gasteiger partial charge in [0.2, 0.25) is 5.91 Å². The Morgan fingerprint density at radius 2 is 2.12 bits per heavy atom. The predicted molar refractivity (Wildman–Crippen MR) is 96.1 cm³/mol. The molecule has 0 bridgehead atoms. The summed E-state index contributed by atoms with van der Waals surface area (Å²) in [5.74, 6) is -0.913. The van der Waals surface area contributed by atoms with Gasteiger partial charge in [-0.05, 0) is 43.2 Å². The zero-order valence-electron chi connectivity index (χ0n) is 14.5. The summed E-state index contributed by atoms with van der Waals surface area (Å²) in [6.07, 6.45) is 0.184. The highest BCUT2D eigenvalue weighted by molar-refractivity contribution is 5.99. The van der Waals surface area contributed by atoms with Gasteiger partial charge in [0, 0.05) is 30.8 Å². The van der Waals surface area contributed by atoms with Gasteiger partial charge in [0.15, 0.2) is 0 Å². The summed E-state index contributed by atoms with van der Waals surface area (Å²) in [4.78, 5) is 26.4. The quantitative estimate of drug-likeness (QED) is 0.882. The van der Waals surface area contributed by atoms with Crippen molar-refractivity contribution in [2.75, 3.05) is 19.7 Å². The summed E-state index contributed by atoms with van der Waals surface area (Å²) >= 11 is 0. The first-order chi connectivity index (χ1) is 12.5. The summed E-state index contributed by atoms with van der Waals surface area (Å²) in [6, 6.07) is 10.9. The number of carbonyl (C=O) groups is 2. The van der Waals surface area contributed by atoms with E-state index in [1.165, 1.54) is 11.0 Å². The molecule has 0 aromatic heterocycles. The van der Waals surface area contributed by atoms with Crippen LogP contribution in [0.4, 0.5) is 4.39 Å². The molecule has 2 aromatic carbocycles. The number of aliphatic hydroxyl groups is 1. The lowest BCUT2D eigenvalue weighted by molar-refractivity contribution is -0.128. The Kier molecular flexibility index (Phi) is 5.32. The molecule has 1 aliphatic heterocycles. The Bertz CT molecular complexity index is 838. The number of hydrogen-bond acceptors (Lipinski definition) is 3. The normalized spacial score (nSPS) is 17.1. The molecule has 3 rings (SSSR count). The molecule has 26 heavy (non-hydrogen) atoms. The molecule has 0 saturated carbocycles. The number of benzene rings is 2. The number of piperazine rings is 1. The minimum atomic E-state index is -0.694. The molecular weight excluding hydrogens is 335 g/mol. The molecule has 2 N–H and O–H groups in total. The molecular formula is C20H21FN2O3. The van der Waals surface area contributed by atoms with Crippen molar-refractivity contribution in [1.29, 1.82) is 0 Å². The lowest BCUT2D eigenvalue weighted by Crippen LogP contribution is -2.57. The summed E-state index contributed by atoms with van der Waals surface area (Å²) < 4.78 is 14.2. The van der Waals surface area contributed by atoms with Crippen LogP contribution in [0, 0.1) is 12.7 Å². The van der Waals surface area contributed by atoms with E-state index in [1.807, 2.05) is 6.92 Å². The monoisotopic (exact) mass is 356 g/mol. The molecule has 1 saturated heterocycles. The third-order valence-corrected chi connectivity index (χ3v) is 4.54. The smallest absolute Gasteiger partial charge is 0.254 e. The summed E-state index contributed by atoms with van der Waals surface area (Å²) in [5.41, 5.74) is 2.36. The molecule has 0 spiro atoms. The van der Waals surface area contributed by atoms with Crippen LogP contribution in [-0.2, 0) is 4.79 Å². The van der Waals surface area contributed by atoms with Gasteiger partial charge in [-0.3, -0.25) is 9.59 Å². The number of aliphatic hydroxyl groups excluding tert-OH is 1. The van der Waals surface area contributed by atoms with E-state index in [0.717, 1.165) is 5.56 Å². The second-order valence-electron chi connectivity index (χ2n) is 6.38. The zero-order valence-corrected chi connectivity index (χ0v) is 14.5. The molecule has 2 aromatic rings. The number of aryl methyl sites for hydroxylation is 1. The van der Waals surface area contributed by atoms with Crippen molar-refractivity contribution in [2.24, 2.45) is 0 Å². The topological polar surface area (TPSA) is 69.6 Å². The van der Waals surface area contributed by atoms with Gasteiger partial charge in [-0.2, -0.15) is 0 Å². The number of rotatable bonds is 4. The van der Waals surface area contributed by atoms with Crippen molar-refractivity contribution in [1.82, 2.24) is 10.2 Å². The van der Waals surface area contributed by atoms with Crippen molar-refractivity contribution in [3.8, 4) is 11.1 Å². The molecule has 1 aliphatic rings. The summed E-state index contributed by atoms with van der Waals surface area (Å²) in [7, 11) is 0. The maximum atomic E-state index is 14.2. The Balaban J connectivity index is 1.93. The predicted octanol–water partition coefficient (Wildman–Crippen LogP) is 2.12. The zero-order chi connectivity index (χ0) is 18.7. The van der Waals surface area contributed by atoms with Crippen LogP contribution in [-0.4, -0.2) is 47.6 Å². The van der Waals surface area contributed by atoms with Crippen LogP contribution >= 0.6 is 0 Å². The van der Waals surface area contributed by atoms with E-state index in [0.29, 0.717) is 29.8 Å². The lowest BCUT2D eigenvalue weighted by atomic mass is 9.99. The number of nitrogens with zero attached hydrogens (tertiary/aromatic N) is 1. The number of amides is 2. The van der Waals surface area contributed by atoms with Gasteiger partial charge in [0.05, 0.1) is 0 Å². The van der Waals surface area contributed by atoms with Crippen LogP contribution in [0.15, 0.2) is 42.5 Å². The minimum Gasteiger partial charge on any atom is -0.396 e. The number of hydrogen-bond donors (Lipinski definition) is 2. The standard InChI is InChI=1S/C20H21FN2O3/c1-13-5-6-17(21)16(11-13)14-3-2-4-15(12-14)20(26)23-9-8-22-19(25)18(23)7-10-24/h2-6,11-12,18,24H,7-10H2,1H3,(H,22,25). The third kappa shape index (κ3) is 3.60. The molecule has 1 unspecified atom stereocenters. The molecule has 1 atom stereocenters. The van der Waals surface area contributed by atoms with Gasteiger partial charge in [-0.1, -0.05) is 23.8 Å². The first-order valence-electron chi connectivity index (χ1n) is 8.57. The maximum absolute atomic E-state index is 14.2. The van der Waals surface area contributed by atoms with Crippen LogP contribution in [0.25, 0.3) is 11.1 Å². The van der Waals surface area contributed by atoms with E-state index in [-0.39, 0.29) is 30.7 Å². The number of carbonyl (C=O) groups excluding carboxylic acids is 2. The van der Waals surface area contributed by atoms with Gasteiger partial charge in [0.25, 0.3) is 5.91 Å². The number of nitrogens with one attached hydrogen (secondary N) is 1. The SMILES string of the molecule is Cc1ccc(F)c(-c2cccc(C(=O)N3CCNC(=O)C3CCO)c2)c1. The molecule has 1 heterocycles. The largest absolute Gasteiger partial charge is 0.396 e. The molecule has 0 aliphatic carbocycles. The highest BCUT2D eigenvalue weighted by Gasteiger charge is 2.33. The van der Waals surface area contributed by atoms with Gasteiger partial charge >= 0.3 is 0 Å². The fourth-order valence-electron chi connectivity index (χ4n) is 3.21. The number of halogens is 1. The molecule has 2 amide bonds. The summed E-state index contributed by atoms with van der Waals surface area (Å²) in [5, 5.41) is 11.9. The second kappa shape index (κ2) is 7.66. The van der Waals surface area contributed by atoms with Gasteiger partial charge in [0.1, 0.15) is 11.9 Å². The van der Waals surface area contributed by atoms with Crippen molar-refractivity contribution in [2.45, 2.75) is 19.4 Å². The van der Waals surface area contributed by atoms with Crippen LogP contribution < -0.4 is 5.32 Å². The molecule has 1 fully saturated rings. The second-order valence-corrected chi connectivity index (χ2v) is 6.38. The fraction of sp³-hybridized carbons (Fsp3) is 0.300. The lowest BCUT2D eigenvalue weighted by Gasteiger charge is -2.35. The third-order valence-electron chi connectivity index (χ3n) is 4.54. The highest BCUT2D eigenvalue weighted by Crippen LogP contribution is 2.26. The Hall–Kier alpha value is -2.73. The highest BCUT2D eigenvalue weighted by atomic mass is 19.1. The fourth-order valence-corrected chi connectivity index (χ4v) is 3.21. The van der Waals surface area contributed by atoms with E-state index in [2.05, 4.69) is 5.32 Å². The van der Waals surface area contributed by atoms with Gasteiger partial charge in [-0.15, -0.1) is 0 Å². The van der Waals surface area contributed by atoms with Gasteiger partial charge in [-0.25, -0.2) is 4.39 Å². The van der Waals surface area contributed by atoms with E-state index < -0.39 is 6.04 Å². The van der Waals surface area contributed by atoms with Crippen molar-refractivity contribution in [3.05, 3.63) is 59.4 Å². The average molecular weight is 356 g/mol. The van der Waals surface area contributed by atoms with Crippen molar-refractivity contribution in [3.63, 3.8) is 0 Å². The van der Waals surface area contributed by atoms with Crippen molar-refractivity contribution < 1.29 is 19.1 Å². The molecule has 0 radical (unpaired) electrons. The molecule has 5 nitrogen and oxygen atoms in total. The van der Waals surface area contributed by atoms with E-state index in [9.17, 15) is 19.1 Å². The van der Waals surface area contributed by atoms with E-state index in [1.54, 1.807) is 36.4 Å². The van der Waals surface area contributed by atoms with E-state index in [4.69, 9.17) is 0 Å². The Morgan fingerprint density at radius 3 is 2.88 bits per heavy atom. The van der Waals surface area contributed by atoms with Crippen LogP contribution in [0.2, 0.25) is 0 Å². The molecule has 6 heteroatoms. The summed E-state index contributed by atoms with van der Waals surface area (Å²) in [6.45, 7) is 2.44. The minimum absolute atomic E-state index is 0.184. The Morgan fingerprint density at radius 1 is 1.31 bits per heavy atom. The van der Waals surface area contributed by atoms with Crippen LogP contribution in [0.3, 0.4) is 0 Å². The first kappa shape index (κ1) is 18.1. The van der Waals surface area contributed by atoms with Crippen LogP contribution in [0.1, 0.15) is 22.3 Å². The molecule has 136 valence electrons. The van der Waals surface area contributed by atoms with Gasteiger partial charge < -0.3 is 15.3 Å². The van der Waals surface area contributed by atoms with E-state index >= 15 is 0 Å². The van der Waals surface area contributed by atoms with Crippen LogP contribution in [0.5, 0.6) is 0 Å². The average Bonchev–Trinajstić information content (AvgIpc) is 2.65. The van der Waals surface area contributed by atoms with Crippen molar-refractivity contribution >= 4 is 11.8 Å². The Labute approximate surface area is 151 Å².